The molecule has 2 atom stereocenters. The Kier molecular flexibility index (Phi) is 4.74. The number of piperidine rings is 1. The van der Waals surface area contributed by atoms with Gasteiger partial charge in [-0.1, -0.05) is 42.8 Å². The molecule has 2 aromatic carbocycles. The Morgan fingerprint density at radius 2 is 1.88 bits per heavy atom. The van der Waals surface area contributed by atoms with Crippen LogP contribution < -0.4 is 0 Å². The maximum absolute atomic E-state index is 14.7. The number of benzene rings is 2. The second-order valence-corrected chi connectivity index (χ2v) is 7.61. The fraction of sp³-hybridized carbons (Fsp3) is 0.286. The minimum absolute atomic E-state index is 0.289. The quantitative estimate of drug-likeness (QED) is 0.698. The first-order chi connectivity index (χ1) is 12.7. The predicted molar refractivity (Wildman–Crippen MR) is 102 cm³/mol. The molecule has 1 aliphatic heterocycles. The fourth-order valence-corrected chi connectivity index (χ4v) is 4.94. The van der Waals surface area contributed by atoms with Crippen molar-refractivity contribution in [3.05, 3.63) is 70.9 Å². The second kappa shape index (κ2) is 7.17. The third kappa shape index (κ3) is 3.02. The molecule has 2 unspecified atom stereocenters. The normalized spacial score (nSPS) is 19.5. The molecule has 5 heteroatoms. The van der Waals surface area contributed by atoms with Crippen LogP contribution in [0.5, 0.6) is 0 Å². The van der Waals surface area contributed by atoms with Crippen molar-refractivity contribution < 1.29 is 14.3 Å². The van der Waals surface area contributed by atoms with E-state index in [2.05, 4.69) is 5.38 Å². The summed E-state index contributed by atoms with van der Waals surface area (Å²) >= 11 is 1.62. The molecule has 1 aromatic heterocycles. The first-order valence-corrected chi connectivity index (χ1v) is 9.74. The minimum atomic E-state index is -0.828. The van der Waals surface area contributed by atoms with Crippen molar-refractivity contribution in [3.8, 4) is 0 Å². The highest BCUT2D eigenvalue weighted by molar-refractivity contribution is 7.17. The van der Waals surface area contributed by atoms with Crippen LogP contribution in [0.25, 0.3) is 10.1 Å². The summed E-state index contributed by atoms with van der Waals surface area (Å²) in [5, 5.41) is 12.9. The summed E-state index contributed by atoms with van der Waals surface area (Å²) in [6.07, 6.45) is 2.42. The molecule has 0 saturated carbocycles. The Labute approximate surface area is 155 Å². The van der Waals surface area contributed by atoms with Gasteiger partial charge in [-0.15, -0.1) is 11.3 Å². The first kappa shape index (κ1) is 17.2. The van der Waals surface area contributed by atoms with Crippen molar-refractivity contribution in [1.82, 2.24) is 4.90 Å². The van der Waals surface area contributed by atoms with Gasteiger partial charge in [0.15, 0.2) is 0 Å². The topological polar surface area (TPSA) is 40.5 Å². The van der Waals surface area contributed by atoms with Crippen molar-refractivity contribution in [2.24, 2.45) is 0 Å². The number of fused-ring (bicyclic) bond motifs is 1. The summed E-state index contributed by atoms with van der Waals surface area (Å²) in [6.45, 7) is 0.653. The van der Waals surface area contributed by atoms with Gasteiger partial charge in [0.2, 0.25) is 0 Å². The largest absolute Gasteiger partial charge is 0.480 e. The Morgan fingerprint density at radius 1 is 1.12 bits per heavy atom. The number of halogens is 1. The van der Waals surface area contributed by atoms with E-state index in [-0.39, 0.29) is 5.82 Å². The lowest BCUT2D eigenvalue weighted by atomic mass is 9.91. The van der Waals surface area contributed by atoms with E-state index < -0.39 is 18.1 Å². The summed E-state index contributed by atoms with van der Waals surface area (Å²) in [5.74, 6) is -1.12. The number of likely N-dealkylation sites (tertiary alicyclic amines) is 1. The molecule has 1 N–H and O–H groups in total. The molecule has 26 heavy (non-hydrogen) atoms. The lowest BCUT2D eigenvalue weighted by molar-refractivity contribution is -0.145. The highest BCUT2D eigenvalue weighted by Gasteiger charge is 2.37. The van der Waals surface area contributed by atoms with E-state index in [0.29, 0.717) is 18.5 Å². The Bertz CT molecular complexity index is 938. The average Bonchev–Trinajstić information content (AvgIpc) is 3.08. The van der Waals surface area contributed by atoms with Crippen LogP contribution >= 0.6 is 11.3 Å². The molecule has 0 spiro atoms. The number of nitrogens with zero attached hydrogens (tertiary/aromatic N) is 1. The van der Waals surface area contributed by atoms with Gasteiger partial charge in [0.1, 0.15) is 11.9 Å². The number of carboxylic acid groups (broad SMARTS) is 1. The van der Waals surface area contributed by atoms with Crippen LogP contribution in [0.4, 0.5) is 4.39 Å². The van der Waals surface area contributed by atoms with Crippen LogP contribution in [0.2, 0.25) is 0 Å². The standard InChI is InChI=1S/C21H20FNO2S/c22-17-9-3-1-8-15(17)20(23-12-6-5-10-18(23)21(24)25)16-13-26-19-11-4-2-7-14(16)19/h1-4,7-9,11,13,18,20H,5-6,10,12H2,(H,24,25). The molecule has 4 rings (SSSR count). The maximum atomic E-state index is 14.7. The Hall–Kier alpha value is -2.24. The molecule has 134 valence electrons. The summed E-state index contributed by atoms with van der Waals surface area (Å²) in [5.41, 5.74) is 1.54. The third-order valence-electron chi connectivity index (χ3n) is 5.17. The molecule has 0 bridgehead atoms. The summed E-state index contributed by atoms with van der Waals surface area (Å²) in [7, 11) is 0. The zero-order valence-electron chi connectivity index (χ0n) is 14.3. The van der Waals surface area contributed by atoms with E-state index in [4.69, 9.17) is 0 Å². The first-order valence-electron chi connectivity index (χ1n) is 8.86. The van der Waals surface area contributed by atoms with Gasteiger partial charge in [0.05, 0.1) is 6.04 Å². The lowest BCUT2D eigenvalue weighted by Gasteiger charge is -2.39. The molecule has 1 saturated heterocycles. The molecule has 0 amide bonds. The Balaban J connectivity index is 1.90. The molecule has 3 nitrogen and oxygen atoms in total. The monoisotopic (exact) mass is 369 g/mol. The number of hydrogen-bond donors (Lipinski definition) is 1. The van der Waals surface area contributed by atoms with E-state index in [0.717, 1.165) is 28.5 Å². The smallest absolute Gasteiger partial charge is 0.320 e. The highest BCUT2D eigenvalue weighted by Crippen LogP contribution is 2.40. The van der Waals surface area contributed by atoms with Crippen LogP contribution in [0.15, 0.2) is 53.9 Å². The number of rotatable bonds is 4. The molecule has 2 heterocycles. The molecule has 0 aliphatic carbocycles. The van der Waals surface area contributed by atoms with Gasteiger partial charge in [-0.3, -0.25) is 9.69 Å². The van der Waals surface area contributed by atoms with Crippen molar-refractivity contribution in [2.45, 2.75) is 31.3 Å². The van der Waals surface area contributed by atoms with Crippen molar-refractivity contribution in [2.75, 3.05) is 6.54 Å². The van der Waals surface area contributed by atoms with Gasteiger partial charge < -0.3 is 5.11 Å². The van der Waals surface area contributed by atoms with Crippen LogP contribution in [0.3, 0.4) is 0 Å². The molecule has 0 radical (unpaired) electrons. The van der Waals surface area contributed by atoms with Crippen LogP contribution in [0, 0.1) is 5.82 Å². The van der Waals surface area contributed by atoms with Gasteiger partial charge in [-0.2, -0.15) is 0 Å². The van der Waals surface area contributed by atoms with Gasteiger partial charge in [-0.05, 0) is 47.8 Å². The molecule has 3 aromatic rings. The molecule has 1 fully saturated rings. The highest BCUT2D eigenvalue weighted by atomic mass is 32.1. The third-order valence-corrected chi connectivity index (χ3v) is 6.15. The van der Waals surface area contributed by atoms with Gasteiger partial charge >= 0.3 is 5.97 Å². The predicted octanol–water partition coefficient (Wildman–Crippen LogP) is 5.07. The van der Waals surface area contributed by atoms with Gasteiger partial charge in [0.25, 0.3) is 0 Å². The van der Waals surface area contributed by atoms with E-state index >= 15 is 0 Å². The van der Waals surface area contributed by atoms with Crippen LogP contribution in [0.1, 0.15) is 36.4 Å². The van der Waals surface area contributed by atoms with Crippen molar-refractivity contribution in [1.29, 1.82) is 0 Å². The average molecular weight is 369 g/mol. The zero-order valence-corrected chi connectivity index (χ0v) is 15.1. The molecular formula is C21H20FNO2S. The van der Waals surface area contributed by atoms with Gasteiger partial charge in [0, 0.05) is 10.3 Å². The van der Waals surface area contributed by atoms with Crippen LogP contribution in [-0.2, 0) is 4.79 Å². The van der Waals surface area contributed by atoms with Crippen LogP contribution in [-0.4, -0.2) is 28.6 Å². The summed E-state index contributed by atoms with van der Waals surface area (Å²) in [6, 6.07) is 13.8. The van der Waals surface area contributed by atoms with E-state index in [9.17, 15) is 14.3 Å². The van der Waals surface area contributed by atoms with E-state index in [1.54, 1.807) is 23.5 Å². The number of hydrogen-bond acceptors (Lipinski definition) is 3. The zero-order chi connectivity index (χ0) is 18.1. The van der Waals surface area contributed by atoms with E-state index in [1.807, 2.05) is 35.2 Å². The maximum Gasteiger partial charge on any atom is 0.320 e. The number of thiophene rings is 1. The lowest BCUT2D eigenvalue weighted by Crippen LogP contribution is -2.47. The van der Waals surface area contributed by atoms with Crippen molar-refractivity contribution in [3.63, 3.8) is 0 Å². The number of carboxylic acids is 1. The van der Waals surface area contributed by atoms with E-state index in [1.165, 1.54) is 6.07 Å². The summed E-state index contributed by atoms with van der Waals surface area (Å²) < 4.78 is 15.9. The molecular weight excluding hydrogens is 349 g/mol. The fourth-order valence-electron chi connectivity index (χ4n) is 3.96. The number of aliphatic carboxylic acids is 1. The molecule has 1 aliphatic rings. The van der Waals surface area contributed by atoms with Crippen molar-refractivity contribution >= 4 is 27.4 Å². The minimum Gasteiger partial charge on any atom is -0.480 e. The SMILES string of the molecule is O=C(O)C1CCCCN1C(c1ccccc1F)c1csc2ccccc12. The second-order valence-electron chi connectivity index (χ2n) is 6.70. The van der Waals surface area contributed by atoms with Gasteiger partial charge in [-0.25, -0.2) is 4.39 Å². The Morgan fingerprint density at radius 3 is 2.69 bits per heavy atom. The number of carbonyl (C=O) groups is 1. The summed E-state index contributed by atoms with van der Waals surface area (Å²) in [4.78, 5) is 13.9.